The van der Waals surface area contributed by atoms with E-state index >= 15 is 0 Å². The van der Waals surface area contributed by atoms with Crippen LogP contribution in [0.1, 0.15) is 12.8 Å². The molecule has 2 aromatic rings. The fourth-order valence-electron chi connectivity index (χ4n) is 3.15. The number of nitrogens with zero attached hydrogens (tertiary/aromatic N) is 2. The minimum Gasteiger partial charge on any atom is -0.454 e. The number of hydrogen-bond acceptors (Lipinski definition) is 5. The van der Waals surface area contributed by atoms with Crippen LogP contribution in [-0.2, 0) is 0 Å². The Morgan fingerprint density at radius 3 is 3.00 bits per heavy atom. The lowest BCUT2D eigenvalue weighted by molar-refractivity contribution is 0.174. The number of nitrogens with one attached hydrogen (secondary N) is 1. The van der Waals surface area contributed by atoms with Gasteiger partial charge in [-0.25, -0.2) is 4.98 Å². The molecule has 0 spiro atoms. The fourth-order valence-corrected chi connectivity index (χ4v) is 3.15. The standard InChI is InChI=1S/C16H19N3O2/c1-19-6-2-3-12(19)9-18-16-13-8-15-14(20-10-21-15)7-11(13)4-5-17-16/h4-5,7-8,12H,2-3,6,9-10H2,1H3,(H,17,18). The van der Waals surface area contributed by atoms with Crippen LogP contribution in [0.3, 0.4) is 0 Å². The Hall–Kier alpha value is -2.01. The van der Waals surface area contributed by atoms with Crippen LogP contribution in [0.5, 0.6) is 11.5 Å². The third-order valence-electron chi connectivity index (χ3n) is 4.43. The van der Waals surface area contributed by atoms with Crippen LogP contribution in [0.2, 0.25) is 0 Å². The summed E-state index contributed by atoms with van der Waals surface area (Å²) in [5.74, 6) is 2.54. The van der Waals surface area contributed by atoms with E-state index in [1.807, 2.05) is 24.4 Å². The summed E-state index contributed by atoms with van der Waals surface area (Å²) in [6.45, 7) is 2.42. The number of likely N-dealkylation sites (N-methyl/N-ethyl adjacent to an activating group) is 1. The van der Waals surface area contributed by atoms with Gasteiger partial charge in [0.1, 0.15) is 5.82 Å². The summed E-state index contributed by atoms with van der Waals surface area (Å²) in [6.07, 6.45) is 4.37. The first-order valence-electron chi connectivity index (χ1n) is 7.44. The van der Waals surface area contributed by atoms with Crippen molar-refractivity contribution in [3.05, 3.63) is 24.4 Å². The van der Waals surface area contributed by atoms with Crippen LogP contribution in [0.4, 0.5) is 5.82 Å². The number of anilines is 1. The van der Waals surface area contributed by atoms with Crippen molar-refractivity contribution in [2.45, 2.75) is 18.9 Å². The molecule has 1 aromatic carbocycles. The summed E-state index contributed by atoms with van der Waals surface area (Å²) >= 11 is 0. The van der Waals surface area contributed by atoms with Gasteiger partial charge in [-0.3, -0.25) is 0 Å². The van der Waals surface area contributed by atoms with Crippen LogP contribution in [0, 0.1) is 0 Å². The van der Waals surface area contributed by atoms with Gasteiger partial charge >= 0.3 is 0 Å². The second kappa shape index (κ2) is 5.07. The molecule has 21 heavy (non-hydrogen) atoms. The van der Waals surface area contributed by atoms with Crippen molar-refractivity contribution in [2.75, 3.05) is 32.2 Å². The zero-order chi connectivity index (χ0) is 14.2. The van der Waals surface area contributed by atoms with E-state index in [1.54, 1.807) is 0 Å². The molecule has 4 rings (SSSR count). The van der Waals surface area contributed by atoms with Crippen LogP contribution in [0.25, 0.3) is 10.8 Å². The van der Waals surface area contributed by atoms with Gasteiger partial charge in [0, 0.05) is 24.2 Å². The smallest absolute Gasteiger partial charge is 0.231 e. The van der Waals surface area contributed by atoms with Gasteiger partial charge in [-0.2, -0.15) is 0 Å². The van der Waals surface area contributed by atoms with Crippen molar-refractivity contribution in [2.24, 2.45) is 0 Å². The van der Waals surface area contributed by atoms with Crippen molar-refractivity contribution < 1.29 is 9.47 Å². The Bertz CT molecular complexity index is 674. The van der Waals surface area contributed by atoms with Gasteiger partial charge in [0.25, 0.3) is 0 Å². The SMILES string of the molecule is CN1CCCC1CNc1nccc2cc3c(cc12)OCO3. The molecule has 2 aliphatic rings. The molecule has 110 valence electrons. The summed E-state index contributed by atoms with van der Waals surface area (Å²) in [6, 6.07) is 6.64. The van der Waals surface area contributed by atoms with Crippen LogP contribution < -0.4 is 14.8 Å². The molecule has 0 amide bonds. The van der Waals surface area contributed by atoms with Gasteiger partial charge < -0.3 is 19.7 Å². The highest BCUT2D eigenvalue weighted by atomic mass is 16.7. The van der Waals surface area contributed by atoms with E-state index in [-0.39, 0.29) is 0 Å². The van der Waals surface area contributed by atoms with Gasteiger partial charge in [0.15, 0.2) is 11.5 Å². The third-order valence-corrected chi connectivity index (χ3v) is 4.43. The monoisotopic (exact) mass is 285 g/mol. The van der Waals surface area contributed by atoms with Crippen LogP contribution in [0.15, 0.2) is 24.4 Å². The van der Waals surface area contributed by atoms with E-state index in [1.165, 1.54) is 19.4 Å². The Morgan fingerprint density at radius 1 is 1.33 bits per heavy atom. The highest BCUT2D eigenvalue weighted by Crippen LogP contribution is 2.37. The maximum absolute atomic E-state index is 5.47. The highest BCUT2D eigenvalue weighted by Gasteiger charge is 2.21. The molecule has 0 bridgehead atoms. The highest BCUT2D eigenvalue weighted by molar-refractivity contribution is 5.94. The average Bonchev–Trinajstić information content (AvgIpc) is 3.11. The fraction of sp³-hybridized carbons (Fsp3) is 0.438. The lowest BCUT2D eigenvalue weighted by Crippen LogP contribution is -2.31. The van der Waals surface area contributed by atoms with Crippen molar-refractivity contribution in [3.63, 3.8) is 0 Å². The van der Waals surface area contributed by atoms with Gasteiger partial charge in [0.05, 0.1) is 0 Å². The van der Waals surface area contributed by atoms with Gasteiger partial charge in [-0.05, 0) is 50.0 Å². The normalized spacial score (nSPS) is 21.1. The number of likely N-dealkylation sites (tertiary alicyclic amines) is 1. The molecular weight excluding hydrogens is 266 g/mol. The molecule has 1 fully saturated rings. The molecule has 1 aromatic heterocycles. The molecule has 0 saturated carbocycles. The lowest BCUT2D eigenvalue weighted by Gasteiger charge is -2.20. The van der Waals surface area contributed by atoms with E-state index in [9.17, 15) is 0 Å². The second-order valence-electron chi connectivity index (χ2n) is 5.74. The van der Waals surface area contributed by atoms with Crippen LogP contribution in [-0.4, -0.2) is 42.9 Å². The van der Waals surface area contributed by atoms with E-state index in [0.717, 1.165) is 34.6 Å². The molecule has 1 atom stereocenters. The Morgan fingerprint density at radius 2 is 2.19 bits per heavy atom. The van der Waals surface area contributed by atoms with Crippen molar-refractivity contribution in [1.29, 1.82) is 0 Å². The molecule has 0 radical (unpaired) electrons. The molecule has 5 nitrogen and oxygen atoms in total. The molecule has 3 heterocycles. The zero-order valence-electron chi connectivity index (χ0n) is 12.1. The maximum atomic E-state index is 5.47. The molecule has 5 heteroatoms. The Labute approximate surface area is 123 Å². The minimum absolute atomic E-state index is 0.300. The predicted octanol–water partition coefficient (Wildman–Crippen LogP) is 2.47. The summed E-state index contributed by atoms with van der Waals surface area (Å²) < 4.78 is 10.9. The lowest BCUT2D eigenvalue weighted by atomic mass is 10.1. The van der Waals surface area contributed by atoms with Crippen molar-refractivity contribution in [3.8, 4) is 11.5 Å². The average molecular weight is 285 g/mol. The summed E-state index contributed by atoms with van der Waals surface area (Å²) in [5, 5.41) is 5.71. The summed E-state index contributed by atoms with van der Waals surface area (Å²) in [7, 11) is 2.19. The van der Waals surface area contributed by atoms with E-state index in [4.69, 9.17) is 9.47 Å². The van der Waals surface area contributed by atoms with Crippen molar-refractivity contribution >= 4 is 16.6 Å². The number of hydrogen-bond donors (Lipinski definition) is 1. The van der Waals surface area contributed by atoms with Crippen LogP contribution >= 0.6 is 0 Å². The number of pyridine rings is 1. The third kappa shape index (κ3) is 2.27. The molecule has 1 N–H and O–H groups in total. The zero-order valence-corrected chi connectivity index (χ0v) is 12.1. The van der Waals surface area contributed by atoms with E-state index in [0.29, 0.717) is 12.8 Å². The molecule has 2 aliphatic heterocycles. The number of rotatable bonds is 3. The first kappa shape index (κ1) is 12.7. The minimum atomic E-state index is 0.300. The summed E-state index contributed by atoms with van der Waals surface area (Å²) in [4.78, 5) is 6.90. The number of benzene rings is 1. The van der Waals surface area contributed by atoms with E-state index < -0.39 is 0 Å². The molecule has 0 aliphatic carbocycles. The largest absolute Gasteiger partial charge is 0.454 e. The first-order chi connectivity index (χ1) is 10.3. The predicted molar refractivity (Wildman–Crippen MR) is 82.0 cm³/mol. The Balaban J connectivity index is 1.62. The quantitative estimate of drug-likeness (QED) is 0.938. The maximum Gasteiger partial charge on any atom is 0.231 e. The number of ether oxygens (including phenoxy) is 2. The van der Waals surface area contributed by atoms with Gasteiger partial charge in [-0.1, -0.05) is 0 Å². The first-order valence-corrected chi connectivity index (χ1v) is 7.44. The molecule has 1 unspecified atom stereocenters. The second-order valence-corrected chi connectivity index (χ2v) is 5.74. The number of aromatic nitrogens is 1. The molecular formula is C16H19N3O2. The summed E-state index contributed by atoms with van der Waals surface area (Å²) in [5.41, 5.74) is 0. The molecule has 1 saturated heterocycles. The van der Waals surface area contributed by atoms with Gasteiger partial charge in [-0.15, -0.1) is 0 Å². The van der Waals surface area contributed by atoms with Gasteiger partial charge in [0.2, 0.25) is 6.79 Å². The topological polar surface area (TPSA) is 46.6 Å². The van der Waals surface area contributed by atoms with Crippen molar-refractivity contribution in [1.82, 2.24) is 9.88 Å². The van der Waals surface area contributed by atoms with E-state index in [2.05, 4.69) is 22.2 Å². The Kier molecular flexibility index (Phi) is 3.07. The number of fused-ring (bicyclic) bond motifs is 2.